The van der Waals surface area contributed by atoms with Crippen molar-refractivity contribution in [2.24, 2.45) is 0 Å². The summed E-state index contributed by atoms with van der Waals surface area (Å²) in [5.41, 5.74) is -0.779. The maximum atomic E-state index is 12.3. The van der Waals surface area contributed by atoms with Crippen LogP contribution in [-0.4, -0.2) is 4.98 Å². The number of nitrogens with zero attached hydrogens (tertiary/aromatic N) is 2. The van der Waals surface area contributed by atoms with Crippen LogP contribution in [0.5, 0.6) is 0 Å². The second-order valence-electron chi connectivity index (χ2n) is 2.87. The van der Waals surface area contributed by atoms with Gasteiger partial charge in [-0.05, 0) is 17.7 Å². The monoisotopic (exact) mass is 246 g/mol. The molecule has 0 amide bonds. The average molecular weight is 247 g/mol. The lowest BCUT2D eigenvalue weighted by atomic mass is 10.2. The van der Waals surface area contributed by atoms with E-state index < -0.39 is 11.9 Å². The zero-order valence-corrected chi connectivity index (χ0v) is 8.68. The molecule has 1 aromatic rings. The van der Waals surface area contributed by atoms with Crippen molar-refractivity contribution in [1.29, 1.82) is 5.26 Å². The van der Waals surface area contributed by atoms with Gasteiger partial charge in [-0.2, -0.15) is 18.4 Å². The summed E-state index contributed by atoms with van der Waals surface area (Å²) >= 11 is 5.46. The molecule has 16 heavy (non-hydrogen) atoms. The second kappa shape index (κ2) is 4.99. The average Bonchev–Trinajstić information content (AvgIpc) is 2.16. The molecule has 0 aliphatic rings. The van der Waals surface area contributed by atoms with Gasteiger partial charge in [-0.25, -0.2) is 4.98 Å². The maximum absolute atomic E-state index is 12.3. The van der Waals surface area contributed by atoms with Crippen LogP contribution in [0.15, 0.2) is 18.2 Å². The summed E-state index contributed by atoms with van der Waals surface area (Å²) in [6, 6.07) is 4.01. The normalized spacial score (nSPS) is 11.7. The Labute approximate surface area is 95.0 Å². The van der Waals surface area contributed by atoms with Gasteiger partial charge in [0, 0.05) is 0 Å². The van der Waals surface area contributed by atoms with E-state index in [2.05, 4.69) is 4.98 Å². The Morgan fingerprint density at radius 3 is 2.69 bits per heavy atom. The molecule has 0 N–H and O–H groups in total. The zero-order chi connectivity index (χ0) is 12.2. The van der Waals surface area contributed by atoms with Crippen LogP contribution in [0, 0.1) is 11.3 Å². The molecule has 0 aliphatic carbocycles. The molecule has 6 heteroatoms. The number of hydrogen-bond donors (Lipinski definition) is 0. The van der Waals surface area contributed by atoms with E-state index >= 15 is 0 Å². The number of halogens is 4. The highest BCUT2D eigenvalue weighted by Gasteiger charge is 2.32. The van der Waals surface area contributed by atoms with Gasteiger partial charge in [0.05, 0.1) is 12.5 Å². The summed E-state index contributed by atoms with van der Waals surface area (Å²) in [6.07, 6.45) is -1.55. The van der Waals surface area contributed by atoms with Gasteiger partial charge < -0.3 is 0 Å². The highest BCUT2D eigenvalue weighted by atomic mass is 35.5. The summed E-state index contributed by atoms with van der Waals surface area (Å²) in [4.78, 5) is 3.17. The molecule has 0 spiro atoms. The molecule has 84 valence electrons. The number of nitriles is 1. The van der Waals surface area contributed by atoms with Gasteiger partial charge in [0.2, 0.25) is 0 Å². The minimum atomic E-state index is -4.53. The van der Waals surface area contributed by atoms with E-state index in [4.69, 9.17) is 16.9 Å². The first-order chi connectivity index (χ1) is 7.43. The van der Waals surface area contributed by atoms with Gasteiger partial charge in [-0.1, -0.05) is 23.8 Å². The van der Waals surface area contributed by atoms with Crippen LogP contribution in [0.25, 0.3) is 6.08 Å². The number of rotatable bonds is 2. The topological polar surface area (TPSA) is 36.7 Å². The zero-order valence-electron chi connectivity index (χ0n) is 7.92. The van der Waals surface area contributed by atoms with Crippen LogP contribution in [0.1, 0.15) is 17.7 Å². The van der Waals surface area contributed by atoms with E-state index in [9.17, 15) is 13.2 Å². The minimum Gasteiger partial charge on any atom is -0.232 e. The first kappa shape index (κ1) is 12.5. The van der Waals surface area contributed by atoms with E-state index in [0.717, 1.165) is 6.07 Å². The van der Waals surface area contributed by atoms with Crippen molar-refractivity contribution in [1.82, 2.24) is 4.98 Å². The molecule has 0 saturated carbocycles. The summed E-state index contributed by atoms with van der Waals surface area (Å²) in [5.74, 6) is 0. The Hall–Kier alpha value is -1.54. The van der Waals surface area contributed by atoms with Gasteiger partial charge in [-0.15, -0.1) is 0 Å². The lowest BCUT2D eigenvalue weighted by molar-refractivity contribution is -0.141. The molecule has 0 atom stereocenters. The molecular weight excluding hydrogens is 241 g/mol. The van der Waals surface area contributed by atoms with Crippen LogP contribution in [0.4, 0.5) is 13.2 Å². The fraction of sp³-hybridized carbons (Fsp3) is 0.200. The van der Waals surface area contributed by atoms with Gasteiger partial charge in [0.1, 0.15) is 10.8 Å². The Balaban J connectivity index is 3.05. The Morgan fingerprint density at radius 1 is 1.44 bits per heavy atom. The second-order valence-corrected chi connectivity index (χ2v) is 3.26. The van der Waals surface area contributed by atoms with Crippen molar-refractivity contribution < 1.29 is 13.2 Å². The van der Waals surface area contributed by atoms with Gasteiger partial charge >= 0.3 is 6.18 Å². The van der Waals surface area contributed by atoms with Crippen molar-refractivity contribution in [3.05, 3.63) is 34.6 Å². The third kappa shape index (κ3) is 3.55. The van der Waals surface area contributed by atoms with E-state index in [0.29, 0.717) is 0 Å². The summed E-state index contributed by atoms with van der Waals surface area (Å²) in [6.45, 7) is 0. The van der Waals surface area contributed by atoms with Crippen LogP contribution >= 0.6 is 11.6 Å². The number of allylic oxidation sites excluding steroid dienone is 1. The quantitative estimate of drug-likeness (QED) is 0.747. The molecule has 1 heterocycles. The number of hydrogen-bond acceptors (Lipinski definition) is 2. The predicted molar refractivity (Wildman–Crippen MR) is 53.5 cm³/mol. The third-order valence-corrected chi connectivity index (χ3v) is 1.82. The van der Waals surface area contributed by atoms with Crippen molar-refractivity contribution >= 4 is 17.7 Å². The van der Waals surface area contributed by atoms with Crippen LogP contribution in [-0.2, 0) is 6.18 Å². The molecule has 0 saturated heterocycles. The predicted octanol–water partition coefficient (Wildman–Crippen LogP) is 3.68. The number of aromatic nitrogens is 1. The van der Waals surface area contributed by atoms with Crippen molar-refractivity contribution in [2.45, 2.75) is 12.6 Å². The molecule has 0 aliphatic heterocycles. The molecule has 0 aromatic carbocycles. The maximum Gasteiger partial charge on any atom is 0.433 e. The van der Waals surface area contributed by atoms with Crippen LogP contribution in [0.3, 0.4) is 0 Å². The molecule has 0 unspecified atom stereocenters. The van der Waals surface area contributed by atoms with Gasteiger partial charge in [-0.3, -0.25) is 0 Å². The highest BCUT2D eigenvalue weighted by Crippen LogP contribution is 2.29. The van der Waals surface area contributed by atoms with E-state index in [-0.39, 0.29) is 17.1 Å². The first-order valence-corrected chi connectivity index (χ1v) is 4.59. The lowest BCUT2D eigenvalue weighted by Gasteiger charge is -2.06. The molecule has 0 bridgehead atoms. The molecule has 1 rings (SSSR count). The fourth-order valence-electron chi connectivity index (χ4n) is 1.01. The van der Waals surface area contributed by atoms with Gasteiger partial charge in [0.25, 0.3) is 0 Å². The van der Waals surface area contributed by atoms with E-state index in [1.807, 2.05) is 6.07 Å². The third-order valence-electron chi connectivity index (χ3n) is 1.63. The fourth-order valence-corrected chi connectivity index (χ4v) is 1.22. The molecule has 1 aromatic heterocycles. The van der Waals surface area contributed by atoms with Crippen molar-refractivity contribution in [2.75, 3.05) is 0 Å². The van der Waals surface area contributed by atoms with Crippen molar-refractivity contribution in [3.63, 3.8) is 0 Å². The molecule has 0 radical (unpaired) electrons. The number of alkyl halides is 3. The molecular formula is C10H6ClF3N2. The van der Waals surface area contributed by atoms with E-state index in [1.54, 1.807) is 0 Å². The SMILES string of the molecule is N#CCC=Cc1cc(Cl)nc(C(F)(F)F)c1. The largest absolute Gasteiger partial charge is 0.433 e. The Bertz CT molecular complexity index is 446. The Kier molecular flexibility index (Phi) is 3.91. The molecule has 2 nitrogen and oxygen atoms in total. The smallest absolute Gasteiger partial charge is 0.232 e. The minimum absolute atomic E-state index is 0.126. The Morgan fingerprint density at radius 2 is 2.12 bits per heavy atom. The van der Waals surface area contributed by atoms with Gasteiger partial charge in [0.15, 0.2) is 0 Å². The summed E-state index contributed by atoms with van der Waals surface area (Å²) < 4.78 is 37.0. The summed E-state index contributed by atoms with van der Waals surface area (Å²) in [5, 5.41) is 8.03. The lowest BCUT2D eigenvalue weighted by Crippen LogP contribution is -2.08. The van der Waals surface area contributed by atoms with E-state index in [1.165, 1.54) is 18.2 Å². The molecule has 0 fully saturated rings. The first-order valence-electron chi connectivity index (χ1n) is 4.22. The van der Waals surface area contributed by atoms with Crippen LogP contribution < -0.4 is 0 Å². The standard InChI is InChI=1S/C10H6ClF3N2/c11-9-6-7(3-1-2-4-15)5-8(16-9)10(12,13)14/h1,3,5-6H,2H2. The van der Waals surface area contributed by atoms with Crippen LogP contribution in [0.2, 0.25) is 5.15 Å². The van der Waals surface area contributed by atoms with Crippen molar-refractivity contribution in [3.8, 4) is 6.07 Å². The summed E-state index contributed by atoms with van der Waals surface area (Å²) in [7, 11) is 0. The number of pyridine rings is 1. The highest BCUT2D eigenvalue weighted by molar-refractivity contribution is 6.29.